The SMILES string of the molecule is CN(C)c1cc(NS(=O)(=O)c2cccc3c2COC3)ncn1. The molecule has 0 spiro atoms. The number of hydrogen-bond donors (Lipinski definition) is 1. The molecule has 0 bridgehead atoms. The highest BCUT2D eigenvalue weighted by Gasteiger charge is 2.24. The summed E-state index contributed by atoms with van der Waals surface area (Å²) in [6, 6.07) is 6.74. The van der Waals surface area contributed by atoms with Gasteiger partial charge in [-0.1, -0.05) is 12.1 Å². The first-order chi connectivity index (χ1) is 10.5. The Morgan fingerprint density at radius 1 is 1.23 bits per heavy atom. The number of rotatable bonds is 4. The summed E-state index contributed by atoms with van der Waals surface area (Å²) in [7, 11) is -0.0769. The van der Waals surface area contributed by atoms with E-state index >= 15 is 0 Å². The highest BCUT2D eigenvalue weighted by molar-refractivity contribution is 7.92. The van der Waals surface area contributed by atoms with Crippen molar-refractivity contribution in [3.8, 4) is 0 Å². The molecule has 2 aromatic rings. The molecular formula is C14H16N4O3S. The first-order valence-corrected chi connectivity index (χ1v) is 8.16. The quantitative estimate of drug-likeness (QED) is 0.916. The third-order valence-electron chi connectivity index (χ3n) is 3.37. The van der Waals surface area contributed by atoms with Crippen molar-refractivity contribution >= 4 is 21.7 Å². The van der Waals surface area contributed by atoms with Gasteiger partial charge in [0, 0.05) is 25.7 Å². The smallest absolute Gasteiger partial charge is 0.263 e. The molecule has 0 aliphatic carbocycles. The number of ether oxygens (including phenoxy) is 1. The molecule has 22 heavy (non-hydrogen) atoms. The molecule has 0 radical (unpaired) electrons. The first kappa shape index (κ1) is 14.7. The van der Waals surface area contributed by atoms with E-state index in [1.54, 1.807) is 23.1 Å². The van der Waals surface area contributed by atoms with Crippen LogP contribution in [0.2, 0.25) is 0 Å². The van der Waals surface area contributed by atoms with Crippen LogP contribution < -0.4 is 9.62 Å². The van der Waals surface area contributed by atoms with Gasteiger partial charge in [-0.2, -0.15) is 0 Å². The van der Waals surface area contributed by atoms with Crippen LogP contribution in [0.4, 0.5) is 11.6 Å². The van der Waals surface area contributed by atoms with Gasteiger partial charge in [-0.3, -0.25) is 4.72 Å². The molecule has 1 N–H and O–H groups in total. The second kappa shape index (κ2) is 5.54. The molecule has 0 saturated carbocycles. The van der Waals surface area contributed by atoms with Crippen molar-refractivity contribution < 1.29 is 13.2 Å². The van der Waals surface area contributed by atoms with Crippen LogP contribution in [0, 0.1) is 0 Å². The minimum atomic E-state index is -3.72. The summed E-state index contributed by atoms with van der Waals surface area (Å²) >= 11 is 0. The molecular weight excluding hydrogens is 304 g/mol. The van der Waals surface area contributed by atoms with Gasteiger partial charge >= 0.3 is 0 Å². The molecule has 7 nitrogen and oxygen atoms in total. The number of fused-ring (bicyclic) bond motifs is 1. The molecule has 2 heterocycles. The van der Waals surface area contributed by atoms with Gasteiger partial charge < -0.3 is 9.64 Å². The number of hydrogen-bond acceptors (Lipinski definition) is 6. The van der Waals surface area contributed by atoms with E-state index in [1.807, 2.05) is 20.2 Å². The number of nitrogens with zero attached hydrogens (tertiary/aromatic N) is 3. The van der Waals surface area contributed by atoms with Crippen molar-refractivity contribution in [2.45, 2.75) is 18.1 Å². The zero-order chi connectivity index (χ0) is 15.7. The molecule has 1 aliphatic heterocycles. The fourth-order valence-electron chi connectivity index (χ4n) is 2.27. The summed E-state index contributed by atoms with van der Waals surface area (Å²) in [6.45, 7) is 0.746. The van der Waals surface area contributed by atoms with E-state index in [9.17, 15) is 8.42 Å². The van der Waals surface area contributed by atoms with Crippen LogP contribution >= 0.6 is 0 Å². The zero-order valence-electron chi connectivity index (χ0n) is 12.3. The summed E-state index contributed by atoms with van der Waals surface area (Å²) in [5.74, 6) is 0.851. The van der Waals surface area contributed by atoms with Crippen LogP contribution in [0.15, 0.2) is 35.5 Å². The summed E-state index contributed by atoms with van der Waals surface area (Å²) < 4.78 is 33.0. The molecule has 1 aromatic heterocycles. The second-order valence-electron chi connectivity index (χ2n) is 5.15. The van der Waals surface area contributed by atoms with E-state index < -0.39 is 10.0 Å². The van der Waals surface area contributed by atoms with Gasteiger partial charge in [-0.15, -0.1) is 0 Å². The molecule has 3 rings (SSSR count). The highest BCUT2D eigenvalue weighted by Crippen LogP contribution is 2.28. The molecule has 0 fully saturated rings. The number of aromatic nitrogens is 2. The van der Waals surface area contributed by atoms with Crippen LogP contribution in [0.5, 0.6) is 0 Å². The minimum absolute atomic E-state index is 0.229. The number of sulfonamides is 1. The zero-order valence-corrected chi connectivity index (χ0v) is 13.1. The van der Waals surface area contributed by atoms with E-state index in [0.717, 1.165) is 5.56 Å². The lowest BCUT2D eigenvalue weighted by atomic mass is 10.1. The van der Waals surface area contributed by atoms with E-state index in [4.69, 9.17) is 4.74 Å². The van der Waals surface area contributed by atoms with Crippen molar-refractivity contribution in [2.75, 3.05) is 23.7 Å². The molecule has 1 aromatic carbocycles. The van der Waals surface area contributed by atoms with Crippen LogP contribution in [-0.4, -0.2) is 32.5 Å². The van der Waals surface area contributed by atoms with E-state index in [-0.39, 0.29) is 10.7 Å². The van der Waals surface area contributed by atoms with Crippen LogP contribution in [0.1, 0.15) is 11.1 Å². The first-order valence-electron chi connectivity index (χ1n) is 6.68. The van der Waals surface area contributed by atoms with Crippen molar-refractivity contribution in [1.82, 2.24) is 9.97 Å². The monoisotopic (exact) mass is 320 g/mol. The van der Waals surface area contributed by atoms with E-state index in [2.05, 4.69) is 14.7 Å². The van der Waals surface area contributed by atoms with Crippen LogP contribution in [-0.2, 0) is 28.0 Å². The number of benzene rings is 1. The molecule has 0 unspecified atom stereocenters. The van der Waals surface area contributed by atoms with Gasteiger partial charge in [0.05, 0.1) is 18.1 Å². The van der Waals surface area contributed by atoms with Crippen LogP contribution in [0.25, 0.3) is 0 Å². The van der Waals surface area contributed by atoms with Crippen LogP contribution in [0.3, 0.4) is 0 Å². The lowest BCUT2D eigenvalue weighted by Gasteiger charge is -2.13. The Kier molecular flexibility index (Phi) is 3.71. The summed E-state index contributed by atoms with van der Waals surface area (Å²) in [4.78, 5) is 10.0. The maximum Gasteiger partial charge on any atom is 0.263 e. The van der Waals surface area contributed by atoms with E-state index in [1.165, 1.54) is 6.33 Å². The van der Waals surface area contributed by atoms with Crippen molar-refractivity contribution in [3.63, 3.8) is 0 Å². The Bertz CT molecular complexity index is 805. The fourth-order valence-corrected chi connectivity index (χ4v) is 3.53. The highest BCUT2D eigenvalue weighted by atomic mass is 32.2. The van der Waals surface area contributed by atoms with Crippen molar-refractivity contribution in [2.24, 2.45) is 0 Å². The molecule has 0 amide bonds. The van der Waals surface area contributed by atoms with Gasteiger partial charge in [-0.05, 0) is 11.6 Å². The Morgan fingerprint density at radius 3 is 2.82 bits per heavy atom. The van der Waals surface area contributed by atoms with Gasteiger partial charge in [-0.25, -0.2) is 18.4 Å². The molecule has 0 atom stereocenters. The third kappa shape index (κ3) is 2.75. The molecule has 0 saturated heterocycles. The Balaban J connectivity index is 1.95. The average molecular weight is 320 g/mol. The standard InChI is InChI=1S/C14H16N4O3S/c1-18(2)14-6-13(15-9-16-14)17-22(19,20)12-5-3-4-10-7-21-8-11(10)12/h3-6,9H,7-8H2,1-2H3,(H,15,16,17). The maximum absolute atomic E-state index is 12.6. The topological polar surface area (TPSA) is 84.4 Å². The predicted octanol–water partition coefficient (Wildman–Crippen LogP) is 1.37. The molecule has 116 valence electrons. The third-order valence-corrected chi connectivity index (χ3v) is 4.81. The number of nitrogens with one attached hydrogen (secondary N) is 1. The summed E-state index contributed by atoms with van der Waals surface area (Å²) in [5.41, 5.74) is 1.61. The Hall–Kier alpha value is -2.19. The second-order valence-corrected chi connectivity index (χ2v) is 6.80. The fraction of sp³-hybridized carbons (Fsp3) is 0.286. The van der Waals surface area contributed by atoms with Gasteiger partial charge in [0.25, 0.3) is 10.0 Å². The molecule has 1 aliphatic rings. The average Bonchev–Trinajstić information content (AvgIpc) is 2.95. The largest absolute Gasteiger partial charge is 0.372 e. The number of anilines is 2. The van der Waals surface area contributed by atoms with Crippen molar-refractivity contribution in [1.29, 1.82) is 0 Å². The Labute approximate surface area is 129 Å². The Morgan fingerprint density at radius 2 is 2.05 bits per heavy atom. The molecule has 8 heteroatoms. The summed E-state index contributed by atoms with van der Waals surface area (Å²) in [5, 5.41) is 0. The summed E-state index contributed by atoms with van der Waals surface area (Å²) in [6.07, 6.45) is 1.33. The predicted molar refractivity (Wildman–Crippen MR) is 82.1 cm³/mol. The van der Waals surface area contributed by atoms with Crippen molar-refractivity contribution in [3.05, 3.63) is 41.7 Å². The minimum Gasteiger partial charge on any atom is -0.372 e. The van der Waals surface area contributed by atoms with Gasteiger partial charge in [0.15, 0.2) is 0 Å². The maximum atomic E-state index is 12.6. The lowest BCUT2D eigenvalue weighted by molar-refractivity contribution is 0.133. The van der Waals surface area contributed by atoms with Gasteiger partial charge in [0.1, 0.15) is 18.0 Å². The van der Waals surface area contributed by atoms with E-state index in [0.29, 0.717) is 24.6 Å². The lowest BCUT2D eigenvalue weighted by Crippen LogP contribution is -2.17. The normalized spacial score (nSPS) is 13.7. The van der Waals surface area contributed by atoms with Gasteiger partial charge in [0.2, 0.25) is 0 Å².